The Hall–Kier alpha value is -1.62. The highest BCUT2D eigenvalue weighted by Gasteiger charge is 2.19. The number of quaternary nitrogens is 1. The summed E-state index contributed by atoms with van der Waals surface area (Å²) in [5.41, 5.74) is 0. The Balaban J connectivity index is 4.09. The molecule has 0 bridgehead atoms. The van der Waals surface area contributed by atoms with Gasteiger partial charge >= 0.3 is 5.97 Å². The molecule has 0 aliphatic rings. The van der Waals surface area contributed by atoms with Gasteiger partial charge in [-0.1, -0.05) is 68.4 Å². The summed E-state index contributed by atoms with van der Waals surface area (Å²) in [6.45, 7) is 1.53. The molecule has 0 aromatic rings. The van der Waals surface area contributed by atoms with Crippen molar-refractivity contribution in [3.8, 4) is 0 Å². The number of carbonyl (C=O) groups is 1. The normalized spacial score (nSPS) is 16.0. The van der Waals surface area contributed by atoms with Gasteiger partial charge in [-0.2, -0.15) is 0 Å². The Morgan fingerprint density at radius 3 is 2.38 bits per heavy atom. The summed E-state index contributed by atoms with van der Waals surface area (Å²) in [4.78, 5) is 28.3. The van der Waals surface area contributed by atoms with Gasteiger partial charge in [0.05, 0.1) is 34.4 Å². The van der Waals surface area contributed by atoms with Gasteiger partial charge in [0.2, 0.25) is 0 Å². The van der Waals surface area contributed by atoms with Crippen LogP contribution in [-0.2, 0) is 28.0 Å². The third-order valence-corrected chi connectivity index (χ3v) is 6.30. The zero-order chi connectivity index (χ0) is 29.4. The second-order valence-corrected chi connectivity index (χ2v) is 11.6. The van der Waals surface area contributed by atoms with E-state index in [1.54, 1.807) is 6.08 Å². The molecule has 3 atom stereocenters. The van der Waals surface area contributed by atoms with Crippen molar-refractivity contribution in [2.45, 2.75) is 76.9 Å². The van der Waals surface area contributed by atoms with Crippen LogP contribution in [0.5, 0.6) is 0 Å². The first kappa shape index (κ1) is 37.4. The summed E-state index contributed by atoms with van der Waals surface area (Å²) in [6, 6.07) is 0. The quantitative estimate of drug-likeness (QED) is 0.0245. The standard InChI is InChI=1S/C28H50NO9P/c1-5-6-7-8-13-16-19-26(38-32)20-17-14-11-9-10-12-15-18-21-28(31)37-27(24-30)25-36-39(33,34)35-23-22-29(2,3)4/h10-14,16-17,20,26-27,30H,5-9,15,18-19,21-25H2,1-4H3,(H-,32,33,34)/b12-10-,14-11-,16-13-,20-17+/t26-,27+/m0/s1. The van der Waals surface area contributed by atoms with Crippen molar-refractivity contribution in [3.63, 3.8) is 0 Å². The fraction of sp³-hybridized carbons (Fsp3) is 0.679. The monoisotopic (exact) mass is 575 g/mol. The summed E-state index contributed by atoms with van der Waals surface area (Å²) in [6.07, 6.45) is 21.4. The smallest absolute Gasteiger partial charge is 0.306 e. The van der Waals surface area contributed by atoms with E-state index >= 15 is 0 Å². The van der Waals surface area contributed by atoms with Gasteiger partial charge in [-0.25, -0.2) is 4.89 Å². The number of phosphoric ester groups is 1. The minimum Gasteiger partial charge on any atom is -0.756 e. The van der Waals surface area contributed by atoms with Crippen LogP contribution in [0.4, 0.5) is 0 Å². The number of aliphatic hydroxyl groups is 1. The molecule has 0 spiro atoms. The third kappa shape index (κ3) is 25.1. The highest BCUT2D eigenvalue weighted by molar-refractivity contribution is 7.45. The van der Waals surface area contributed by atoms with Crippen LogP contribution in [0.2, 0.25) is 0 Å². The molecule has 1 unspecified atom stereocenters. The molecule has 11 heteroatoms. The van der Waals surface area contributed by atoms with Crippen molar-refractivity contribution in [1.29, 1.82) is 0 Å². The average Bonchev–Trinajstić information content (AvgIpc) is 2.87. The van der Waals surface area contributed by atoms with Gasteiger partial charge in [0.25, 0.3) is 7.82 Å². The Labute approximate surface area is 234 Å². The van der Waals surface area contributed by atoms with Crippen molar-refractivity contribution >= 4 is 13.8 Å². The predicted molar refractivity (Wildman–Crippen MR) is 151 cm³/mol. The second kappa shape index (κ2) is 23.1. The molecule has 226 valence electrons. The van der Waals surface area contributed by atoms with Crippen LogP contribution >= 0.6 is 7.82 Å². The first-order valence-corrected chi connectivity index (χ1v) is 15.1. The van der Waals surface area contributed by atoms with Gasteiger partial charge in [-0.05, 0) is 38.5 Å². The number of hydrogen-bond acceptors (Lipinski definition) is 9. The predicted octanol–water partition coefficient (Wildman–Crippen LogP) is 4.71. The number of unbranched alkanes of at least 4 members (excludes halogenated alkanes) is 4. The molecule has 39 heavy (non-hydrogen) atoms. The number of esters is 1. The minimum atomic E-state index is -4.55. The maximum atomic E-state index is 12.0. The molecule has 0 aliphatic carbocycles. The molecule has 0 saturated carbocycles. The fourth-order valence-electron chi connectivity index (χ4n) is 3.03. The van der Waals surface area contributed by atoms with E-state index in [-0.39, 0.29) is 19.1 Å². The molecule has 2 N–H and O–H groups in total. The number of hydrogen-bond donors (Lipinski definition) is 2. The number of allylic oxidation sites excluding steroid dienone is 6. The molecule has 0 aromatic heterocycles. The van der Waals surface area contributed by atoms with Crippen molar-refractivity contribution in [2.75, 3.05) is 47.5 Å². The lowest BCUT2D eigenvalue weighted by molar-refractivity contribution is -0.870. The number of ether oxygens (including phenoxy) is 1. The van der Waals surface area contributed by atoms with E-state index in [9.17, 15) is 19.4 Å². The van der Waals surface area contributed by atoms with E-state index in [1.165, 1.54) is 19.3 Å². The molecule has 0 heterocycles. The molecule has 0 saturated heterocycles. The number of nitrogens with zero attached hydrogens (tertiary/aromatic N) is 1. The number of rotatable bonds is 24. The van der Waals surface area contributed by atoms with E-state index in [0.29, 0.717) is 36.7 Å². The van der Waals surface area contributed by atoms with E-state index in [4.69, 9.17) is 19.0 Å². The Morgan fingerprint density at radius 2 is 1.72 bits per heavy atom. The van der Waals surface area contributed by atoms with Crippen LogP contribution in [-0.4, -0.2) is 80.5 Å². The van der Waals surface area contributed by atoms with Crippen molar-refractivity contribution in [3.05, 3.63) is 48.6 Å². The fourth-order valence-corrected chi connectivity index (χ4v) is 3.75. The lowest BCUT2D eigenvalue weighted by atomic mass is 10.1. The maximum Gasteiger partial charge on any atom is 0.306 e. The number of phosphoric acid groups is 1. The van der Waals surface area contributed by atoms with Crippen LogP contribution in [0, 0.1) is 0 Å². The van der Waals surface area contributed by atoms with Crippen molar-refractivity contribution in [2.24, 2.45) is 0 Å². The third-order valence-electron chi connectivity index (χ3n) is 5.34. The van der Waals surface area contributed by atoms with Gasteiger partial charge in [0.1, 0.15) is 25.4 Å². The second-order valence-electron chi connectivity index (χ2n) is 10.1. The van der Waals surface area contributed by atoms with Crippen LogP contribution in [0.25, 0.3) is 0 Å². The van der Waals surface area contributed by atoms with E-state index < -0.39 is 33.1 Å². The lowest BCUT2D eigenvalue weighted by Crippen LogP contribution is -2.37. The first-order chi connectivity index (χ1) is 18.5. The maximum absolute atomic E-state index is 12.0. The Kier molecular flexibility index (Phi) is 22.2. The summed E-state index contributed by atoms with van der Waals surface area (Å²) in [7, 11) is 1.14. The molecular weight excluding hydrogens is 525 g/mol. The molecule has 0 radical (unpaired) electrons. The first-order valence-electron chi connectivity index (χ1n) is 13.7. The number of aliphatic hydroxyl groups excluding tert-OH is 1. The van der Waals surface area contributed by atoms with Crippen molar-refractivity contribution < 1.29 is 47.8 Å². The highest BCUT2D eigenvalue weighted by Crippen LogP contribution is 2.38. The molecule has 0 aliphatic heterocycles. The van der Waals surface area contributed by atoms with Gasteiger partial charge in [0.15, 0.2) is 0 Å². The summed E-state index contributed by atoms with van der Waals surface area (Å²) in [5, 5.41) is 18.4. The van der Waals surface area contributed by atoms with Gasteiger partial charge in [0, 0.05) is 6.42 Å². The minimum absolute atomic E-state index is 0.0376. The Bertz CT molecular complexity index is 790. The largest absolute Gasteiger partial charge is 0.756 e. The molecule has 0 amide bonds. The van der Waals surface area contributed by atoms with E-state index in [2.05, 4.69) is 17.9 Å². The van der Waals surface area contributed by atoms with Crippen LogP contribution in [0.1, 0.15) is 64.7 Å². The zero-order valence-electron chi connectivity index (χ0n) is 24.1. The highest BCUT2D eigenvalue weighted by atomic mass is 31.2. The van der Waals surface area contributed by atoms with Gasteiger partial charge in [-0.15, -0.1) is 0 Å². The van der Waals surface area contributed by atoms with Gasteiger partial charge in [-0.3, -0.25) is 14.6 Å². The number of carbonyl (C=O) groups excluding carboxylic acids is 1. The number of likely N-dealkylation sites (N-methyl/N-ethyl adjacent to an activating group) is 1. The van der Waals surface area contributed by atoms with Crippen LogP contribution in [0.15, 0.2) is 48.6 Å². The molecule has 0 fully saturated rings. The summed E-state index contributed by atoms with van der Waals surface area (Å²) in [5.74, 6) is -0.542. The van der Waals surface area contributed by atoms with Crippen LogP contribution < -0.4 is 4.89 Å². The van der Waals surface area contributed by atoms with E-state index in [0.717, 1.165) is 6.42 Å². The molecule has 10 nitrogen and oxygen atoms in total. The zero-order valence-corrected chi connectivity index (χ0v) is 25.0. The summed E-state index contributed by atoms with van der Waals surface area (Å²) < 4.78 is 27.0. The van der Waals surface area contributed by atoms with Gasteiger partial charge < -0.3 is 28.3 Å². The average molecular weight is 576 g/mol. The van der Waals surface area contributed by atoms with E-state index in [1.807, 2.05) is 57.6 Å². The van der Waals surface area contributed by atoms with Crippen molar-refractivity contribution in [1.82, 2.24) is 0 Å². The molecular formula is C28H50NO9P. The summed E-state index contributed by atoms with van der Waals surface area (Å²) >= 11 is 0. The Morgan fingerprint density at radius 1 is 1.00 bits per heavy atom. The van der Waals surface area contributed by atoms with Crippen LogP contribution in [0.3, 0.4) is 0 Å². The topological polar surface area (TPSA) is 135 Å². The molecule has 0 rings (SSSR count). The molecule has 0 aromatic carbocycles. The lowest BCUT2D eigenvalue weighted by Gasteiger charge is -2.28. The SMILES string of the molecule is CCCCC/C=C\C[C@@H](/C=C/C=C\C/C=C\CCCC(=O)O[C@H](CO)COP(=O)([O-])OCC[N+](C)(C)C)OO.